The van der Waals surface area contributed by atoms with Crippen molar-refractivity contribution >= 4 is 17.5 Å². The maximum absolute atomic E-state index is 11.9. The number of nitrogens with two attached hydrogens (primary N) is 1. The Bertz CT molecular complexity index is 483. The van der Waals surface area contributed by atoms with Gasteiger partial charge >= 0.3 is 5.97 Å². The van der Waals surface area contributed by atoms with E-state index in [0.717, 1.165) is 0 Å². The molecule has 2 N–H and O–H groups in total. The summed E-state index contributed by atoms with van der Waals surface area (Å²) in [7, 11) is 0. The van der Waals surface area contributed by atoms with Crippen LogP contribution in [0.25, 0.3) is 0 Å². The molecule has 1 aromatic heterocycles. The zero-order chi connectivity index (χ0) is 14.7. The number of aromatic nitrogens is 1. The van der Waals surface area contributed by atoms with Gasteiger partial charge in [0.1, 0.15) is 0 Å². The van der Waals surface area contributed by atoms with Crippen LogP contribution in [-0.4, -0.2) is 42.9 Å². The molecule has 0 spiro atoms. The highest BCUT2D eigenvalue weighted by Crippen LogP contribution is 2.27. The minimum atomic E-state index is -0.414. The molecular formula is C14H21N3O3. The lowest BCUT2D eigenvalue weighted by Gasteiger charge is -2.36. The molecule has 2 rings (SSSR count). The molecule has 20 heavy (non-hydrogen) atoms. The fourth-order valence-corrected chi connectivity index (χ4v) is 2.45. The lowest BCUT2D eigenvalue weighted by atomic mass is 10.1. The first kappa shape index (κ1) is 14.6. The average molecular weight is 279 g/mol. The SMILES string of the molecule is CCOC(=O)c1ccnc(N2C[C@@H](C)O[C@@H](C)C2)c1N. The normalized spacial score (nSPS) is 22.6. The van der Waals surface area contributed by atoms with E-state index in [9.17, 15) is 4.79 Å². The number of nitrogens with zero attached hydrogens (tertiary/aromatic N) is 2. The fourth-order valence-electron chi connectivity index (χ4n) is 2.45. The molecule has 0 radical (unpaired) electrons. The minimum Gasteiger partial charge on any atom is -0.462 e. The lowest BCUT2D eigenvalue weighted by molar-refractivity contribution is -0.00541. The van der Waals surface area contributed by atoms with E-state index in [1.807, 2.05) is 13.8 Å². The summed E-state index contributed by atoms with van der Waals surface area (Å²) in [6.45, 7) is 7.51. The molecule has 110 valence electrons. The van der Waals surface area contributed by atoms with Gasteiger partial charge in [-0.1, -0.05) is 0 Å². The van der Waals surface area contributed by atoms with Gasteiger partial charge in [0.05, 0.1) is 30.1 Å². The van der Waals surface area contributed by atoms with Gasteiger partial charge in [-0.25, -0.2) is 9.78 Å². The first-order valence-electron chi connectivity index (χ1n) is 6.85. The monoisotopic (exact) mass is 279 g/mol. The van der Waals surface area contributed by atoms with Crippen LogP contribution in [0.4, 0.5) is 11.5 Å². The third kappa shape index (κ3) is 3.01. The van der Waals surface area contributed by atoms with Gasteiger partial charge in [0.15, 0.2) is 5.82 Å². The number of carbonyl (C=O) groups excluding carboxylic acids is 1. The Morgan fingerprint density at radius 3 is 2.75 bits per heavy atom. The molecule has 1 aromatic rings. The summed E-state index contributed by atoms with van der Waals surface area (Å²) in [5.41, 5.74) is 6.82. The second-order valence-corrected chi connectivity index (χ2v) is 4.98. The van der Waals surface area contributed by atoms with Crippen molar-refractivity contribution in [3.63, 3.8) is 0 Å². The van der Waals surface area contributed by atoms with Crippen molar-refractivity contribution in [1.29, 1.82) is 0 Å². The molecule has 2 heterocycles. The quantitative estimate of drug-likeness (QED) is 0.844. The molecule has 1 saturated heterocycles. The molecule has 0 aromatic carbocycles. The third-order valence-corrected chi connectivity index (χ3v) is 3.18. The number of hydrogen-bond acceptors (Lipinski definition) is 6. The standard InChI is InChI=1S/C14H21N3O3/c1-4-19-14(18)11-5-6-16-13(12(11)15)17-7-9(2)20-10(3)8-17/h5-6,9-10H,4,7-8,15H2,1-3H3/t9-,10+. The molecule has 0 amide bonds. The predicted octanol–water partition coefficient (Wildman–Crippen LogP) is 1.45. The van der Waals surface area contributed by atoms with Crippen LogP contribution in [0.5, 0.6) is 0 Å². The molecule has 6 heteroatoms. The van der Waals surface area contributed by atoms with Crippen LogP contribution >= 0.6 is 0 Å². The Balaban J connectivity index is 2.28. The van der Waals surface area contributed by atoms with E-state index in [0.29, 0.717) is 36.8 Å². The second-order valence-electron chi connectivity index (χ2n) is 4.98. The Morgan fingerprint density at radius 2 is 2.15 bits per heavy atom. The first-order chi connectivity index (χ1) is 9.52. The molecule has 0 saturated carbocycles. The summed E-state index contributed by atoms with van der Waals surface area (Å²) in [6.07, 6.45) is 1.79. The fraction of sp³-hybridized carbons (Fsp3) is 0.571. The van der Waals surface area contributed by atoms with Gasteiger partial charge in [-0.15, -0.1) is 0 Å². The van der Waals surface area contributed by atoms with Crippen molar-refractivity contribution in [2.24, 2.45) is 0 Å². The number of rotatable bonds is 3. The summed E-state index contributed by atoms with van der Waals surface area (Å²) >= 11 is 0. The minimum absolute atomic E-state index is 0.103. The number of nitrogen functional groups attached to an aromatic ring is 1. The molecule has 0 bridgehead atoms. The van der Waals surface area contributed by atoms with Crippen molar-refractivity contribution in [3.8, 4) is 0 Å². The van der Waals surface area contributed by atoms with Gasteiger partial charge < -0.3 is 20.1 Å². The number of morpholine rings is 1. The smallest absolute Gasteiger partial charge is 0.340 e. The van der Waals surface area contributed by atoms with Gasteiger partial charge in [0.25, 0.3) is 0 Å². The summed E-state index contributed by atoms with van der Waals surface area (Å²) in [4.78, 5) is 18.2. The number of anilines is 2. The van der Waals surface area contributed by atoms with Gasteiger partial charge in [-0.2, -0.15) is 0 Å². The Labute approximate surface area is 118 Å². The lowest BCUT2D eigenvalue weighted by Crippen LogP contribution is -2.46. The van der Waals surface area contributed by atoms with Crippen LogP contribution in [0.15, 0.2) is 12.3 Å². The maximum atomic E-state index is 11.9. The largest absolute Gasteiger partial charge is 0.462 e. The van der Waals surface area contributed by atoms with Crippen LogP contribution < -0.4 is 10.6 Å². The molecular weight excluding hydrogens is 258 g/mol. The summed E-state index contributed by atoms with van der Waals surface area (Å²) in [6, 6.07) is 1.59. The zero-order valence-electron chi connectivity index (χ0n) is 12.1. The first-order valence-corrected chi connectivity index (χ1v) is 6.85. The number of pyridine rings is 1. The Hall–Kier alpha value is -1.82. The van der Waals surface area contributed by atoms with Crippen LogP contribution in [0.2, 0.25) is 0 Å². The third-order valence-electron chi connectivity index (χ3n) is 3.18. The molecule has 1 aliphatic heterocycles. The van der Waals surface area contributed by atoms with Crippen LogP contribution in [0.1, 0.15) is 31.1 Å². The number of esters is 1. The highest BCUT2D eigenvalue weighted by Gasteiger charge is 2.26. The van der Waals surface area contributed by atoms with Crippen molar-refractivity contribution in [2.75, 3.05) is 30.3 Å². The summed E-state index contributed by atoms with van der Waals surface area (Å²) < 4.78 is 10.7. The Morgan fingerprint density at radius 1 is 1.50 bits per heavy atom. The molecule has 0 unspecified atom stereocenters. The molecule has 0 aliphatic carbocycles. The van der Waals surface area contributed by atoms with Crippen LogP contribution in [0.3, 0.4) is 0 Å². The topological polar surface area (TPSA) is 77.7 Å². The van der Waals surface area contributed by atoms with E-state index in [4.69, 9.17) is 15.2 Å². The van der Waals surface area contributed by atoms with Crippen LogP contribution in [0, 0.1) is 0 Å². The van der Waals surface area contributed by atoms with Crippen molar-refractivity contribution in [2.45, 2.75) is 33.0 Å². The van der Waals surface area contributed by atoms with Crippen molar-refractivity contribution < 1.29 is 14.3 Å². The van der Waals surface area contributed by atoms with Gasteiger partial charge in [0, 0.05) is 19.3 Å². The van der Waals surface area contributed by atoms with E-state index >= 15 is 0 Å². The number of ether oxygens (including phenoxy) is 2. The van der Waals surface area contributed by atoms with Gasteiger partial charge in [-0.3, -0.25) is 0 Å². The van der Waals surface area contributed by atoms with Crippen LogP contribution in [-0.2, 0) is 9.47 Å². The Kier molecular flexibility index (Phi) is 4.44. The molecule has 2 atom stereocenters. The van der Waals surface area contributed by atoms with E-state index < -0.39 is 5.97 Å². The number of carbonyl (C=O) groups is 1. The average Bonchev–Trinajstić information content (AvgIpc) is 2.38. The molecule has 1 aliphatic rings. The van der Waals surface area contributed by atoms with E-state index in [1.54, 1.807) is 19.2 Å². The molecule has 6 nitrogen and oxygen atoms in total. The van der Waals surface area contributed by atoms with Gasteiger partial charge in [-0.05, 0) is 26.8 Å². The highest BCUT2D eigenvalue weighted by atomic mass is 16.5. The maximum Gasteiger partial charge on any atom is 0.340 e. The zero-order valence-corrected chi connectivity index (χ0v) is 12.1. The number of hydrogen-bond donors (Lipinski definition) is 1. The van der Waals surface area contributed by atoms with Gasteiger partial charge in [0.2, 0.25) is 0 Å². The van der Waals surface area contributed by atoms with E-state index in [2.05, 4.69) is 9.88 Å². The molecule has 1 fully saturated rings. The predicted molar refractivity (Wildman–Crippen MR) is 76.8 cm³/mol. The second kappa shape index (κ2) is 6.09. The summed E-state index contributed by atoms with van der Waals surface area (Å²) in [5, 5.41) is 0. The van der Waals surface area contributed by atoms with E-state index in [-0.39, 0.29) is 12.2 Å². The van der Waals surface area contributed by atoms with Crippen molar-refractivity contribution in [1.82, 2.24) is 4.98 Å². The summed E-state index contributed by atoms with van der Waals surface area (Å²) in [5.74, 6) is 0.209. The highest BCUT2D eigenvalue weighted by molar-refractivity contribution is 5.97. The van der Waals surface area contributed by atoms with Crippen molar-refractivity contribution in [3.05, 3.63) is 17.8 Å². The van der Waals surface area contributed by atoms with E-state index in [1.165, 1.54) is 0 Å².